The topological polar surface area (TPSA) is 52.1 Å². The summed E-state index contributed by atoms with van der Waals surface area (Å²) < 4.78 is 5.27. The second kappa shape index (κ2) is 4.61. The highest BCUT2D eigenvalue weighted by molar-refractivity contribution is 5.96. The number of carbonyl (C=O) groups is 1. The zero-order chi connectivity index (χ0) is 18.3. The van der Waals surface area contributed by atoms with Crippen LogP contribution in [-0.2, 0) is 20.4 Å². The van der Waals surface area contributed by atoms with Crippen LogP contribution >= 0.6 is 0 Å². The Hall–Kier alpha value is -2.49. The van der Waals surface area contributed by atoms with E-state index < -0.39 is 5.41 Å². The summed E-state index contributed by atoms with van der Waals surface area (Å²) in [6, 6.07) is 12.4. The molecule has 0 amide bonds. The van der Waals surface area contributed by atoms with E-state index in [9.17, 15) is 4.79 Å². The van der Waals surface area contributed by atoms with Gasteiger partial charge < -0.3 is 4.74 Å². The van der Waals surface area contributed by atoms with Crippen molar-refractivity contribution in [1.29, 1.82) is 0 Å². The van der Waals surface area contributed by atoms with Gasteiger partial charge in [-0.3, -0.25) is 4.79 Å². The van der Waals surface area contributed by atoms with Crippen molar-refractivity contribution in [2.45, 2.75) is 44.4 Å². The van der Waals surface area contributed by atoms with E-state index >= 15 is 0 Å². The molecule has 2 atom stereocenters. The van der Waals surface area contributed by atoms with Crippen molar-refractivity contribution >= 4 is 27.8 Å². The smallest absolute Gasteiger partial charge is 0.318 e. The molecular formula is C22H22N2O2. The number of benzene rings is 2. The lowest BCUT2D eigenvalue weighted by molar-refractivity contribution is -0.151. The minimum absolute atomic E-state index is 0.177. The number of ether oxygens (including phenoxy) is 1. The molecule has 1 saturated carbocycles. The van der Waals surface area contributed by atoms with Crippen molar-refractivity contribution in [3.63, 3.8) is 0 Å². The Morgan fingerprint density at radius 1 is 0.962 bits per heavy atom. The van der Waals surface area contributed by atoms with Crippen molar-refractivity contribution in [2.75, 3.05) is 7.11 Å². The van der Waals surface area contributed by atoms with E-state index in [1.807, 2.05) is 12.1 Å². The van der Waals surface area contributed by atoms with E-state index in [0.717, 1.165) is 46.0 Å². The van der Waals surface area contributed by atoms with Gasteiger partial charge in [0, 0.05) is 5.41 Å². The van der Waals surface area contributed by atoms with Crippen molar-refractivity contribution < 1.29 is 9.53 Å². The number of esters is 1. The highest BCUT2D eigenvalue weighted by atomic mass is 16.5. The summed E-state index contributed by atoms with van der Waals surface area (Å²) in [5.74, 6) is -0.181. The van der Waals surface area contributed by atoms with Gasteiger partial charge in [0.15, 0.2) is 0 Å². The molecule has 1 heterocycles. The Labute approximate surface area is 152 Å². The second-order valence-electron chi connectivity index (χ2n) is 8.46. The number of carbonyl (C=O) groups excluding carboxylic acids is 1. The Bertz CT molecular complexity index is 1100. The van der Waals surface area contributed by atoms with Crippen molar-refractivity contribution in [3.05, 3.63) is 47.8 Å². The maximum Gasteiger partial charge on any atom is 0.318 e. The zero-order valence-electron chi connectivity index (χ0n) is 15.6. The summed E-state index contributed by atoms with van der Waals surface area (Å²) >= 11 is 0. The predicted octanol–water partition coefficient (Wildman–Crippen LogP) is 4.29. The number of hydrogen-bond acceptors (Lipinski definition) is 4. The fraction of sp³-hybridized carbons (Fsp3) is 0.409. The largest absolute Gasteiger partial charge is 0.468 e. The third kappa shape index (κ3) is 1.51. The van der Waals surface area contributed by atoms with Crippen LogP contribution in [0.5, 0.6) is 0 Å². The highest BCUT2D eigenvalue weighted by Crippen LogP contribution is 2.70. The molecule has 0 aliphatic heterocycles. The summed E-state index contributed by atoms with van der Waals surface area (Å²) in [4.78, 5) is 23.0. The van der Waals surface area contributed by atoms with Gasteiger partial charge in [-0.05, 0) is 41.2 Å². The number of rotatable bonds is 1. The number of nitrogens with zero attached hydrogens (tertiary/aromatic N) is 2. The average Bonchev–Trinajstić information content (AvgIpc) is 2.93. The lowest BCUT2D eigenvalue weighted by Gasteiger charge is -2.38. The summed E-state index contributed by atoms with van der Waals surface area (Å²) in [7, 11) is 1.48. The van der Waals surface area contributed by atoms with Gasteiger partial charge in [0.25, 0.3) is 0 Å². The summed E-state index contributed by atoms with van der Waals surface area (Å²) in [6.07, 6.45) is 1.69. The van der Waals surface area contributed by atoms with Crippen molar-refractivity contribution in [2.24, 2.45) is 5.41 Å². The molecule has 3 aromatic rings. The van der Waals surface area contributed by atoms with Gasteiger partial charge in [-0.15, -0.1) is 0 Å². The Balaban J connectivity index is 1.89. The standard InChI is InChI=1S/C22H22N2O2/c1-20(2)21(3)9-10-22(20,19(25)26-4)18-17(21)23-15-11-13-7-5-6-8-14(13)12-16(15)24-18/h5-8,11-12H,9-10H2,1-4H3. The van der Waals surface area contributed by atoms with Gasteiger partial charge in [0.2, 0.25) is 0 Å². The van der Waals surface area contributed by atoms with Gasteiger partial charge >= 0.3 is 5.97 Å². The van der Waals surface area contributed by atoms with E-state index in [0.29, 0.717) is 0 Å². The first-order valence-electron chi connectivity index (χ1n) is 9.15. The van der Waals surface area contributed by atoms with Crippen molar-refractivity contribution in [1.82, 2.24) is 9.97 Å². The molecule has 1 aromatic heterocycles. The first kappa shape index (κ1) is 15.7. The predicted molar refractivity (Wildman–Crippen MR) is 101 cm³/mol. The first-order chi connectivity index (χ1) is 12.3. The van der Waals surface area contributed by atoms with Crippen LogP contribution in [0.1, 0.15) is 45.0 Å². The first-order valence-corrected chi connectivity index (χ1v) is 9.15. The maximum atomic E-state index is 13.0. The van der Waals surface area contributed by atoms with Crippen LogP contribution in [0, 0.1) is 5.41 Å². The molecule has 0 spiro atoms. The summed E-state index contributed by atoms with van der Waals surface area (Å²) in [5.41, 5.74) is 2.37. The molecule has 0 N–H and O–H groups in total. The third-order valence-corrected chi connectivity index (χ3v) is 7.44. The van der Waals surface area contributed by atoms with Crippen LogP contribution in [0.2, 0.25) is 0 Å². The molecule has 5 rings (SSSR count). The van der Waals surface area contributed by atoms with E-state index in [-0.39, 0.29) is 16.8 Å². The zero-order valence-corrected chi connectivity index (χ0v) is 15.6. The molecular weight excluding hydrogens is 324 g/mol. The number of methoxy groups -OCH3 is 1. The SMILES string of the molecule is COC(=O)C12CCC(C)(c3nc4cc5ccccc5cc4nc31)C2(C)C. The van der Waals surface area contributed by atoms with E-state index in [2.05, 4.69) is 45.0 Å². The quantitative estimate of drug-likeness (QED) is 0.487. The van der Waals surface area contributed by atoms with Crippen LogP contribution in [0.25, 0.3) is 21.8 Å². The summed E-state index contributed by atoms with van der Waals surface area (Å²) in [5, 5.41) is 2.29. The number of aromatic nitrogens is 2. The average molecular weight is 346 g/mol. The Morgan fingerprint density at radius 3 is 2.12 bits per heavy atom. The monoisotopic (exact) mass is 346 g/mol. The number of fused-ring (bicyclic) bond motifs is 7. The molecule has 2 bridgehead atoms. The highest BCUT2D eigenvalue weighted by Gasteiger charge is 2.73. The van der Waals surface area contributed by atoms with Crippen LogP contribution in [-0.4, -0.2) is 23.0 Å². The molecule has 2 aliphatic carbocycles. The van der Waals surface area contributed by atoms with Crippen LogP contribution in [0.3, 0.4) is 0 Å². The normalized spacial score (nSPS) is 28.5. The molecule has 26 heavy (non-hydrogen) atoms. The number of hydrogen-bond donors (Lipinski definition) is 0. The molecule has 2 unspecified atom stereocenters. The van der Waals surface area contributed by atoms with Crippen molar-refractivity contribution in [3.8, 4) is 0 Å². The van der Waals surface area contributed by atoms with Gasteiger partial charge in [0.05, 0.1) is 29.5 Å². The molecule has 0 saturated heterocycles. The van der Waals surface area contributed by atoms with Gasteiger partial charge in [-0.25, -0.2) is 9.97 Å². The van der Waals surface area contributed by atoms with Crippen LogP contribution in [0.15, 0.2) is 36.4 Å². The van der Waals surface area contributed by atoms with E-state index in [1.54, 1.807) is 0 Å². The van der Waals surface area contributed by atoms with E-state index in [1.165, 1.54) is 7.11 Å². The van der Waals surface area contributed by atoms with E-state index in [4.69, 9.17) is 14.7 Å². The molecule has 4 heteroatoms. The molecule has 0 radical (unpaired) electrons. The van der Waals surface area contributed by atoms with Gasteiger partial charge in [0.1, 0.15) is 5.41 Å². The minimum Gasteiger partial charge on any atom is -0.468 e. The molecule has 132 valence electrons. The Morgan fingerprint density at radius 2 is 1.54 bits per heavy atom. The second-order valence-corrected chi connectivity index (χ2v) is 8.46. The molecule has 1 fully saturated rings. The Kier molecular flexibility index (Phi) is 2.79. The molecule has 2 aliphatic rings. The fourth-order valence-electron chi connectivity index (χ4n) is 5.41. The lowest BCUT2D eigenvalue weighted by Crippen LogP contribution is -2.46. The van der Waals surface area contributed by atoms with Gasteiger partial charge in [-0.2, -0.15) is 0 Å². The maximum absolute atomic E-state index is 13.0. The minimum atomic E-state index is -0.710. The van der Waals surface area contributed by atoms with Gasteiger partial charge in [-0.1, -0.05) is 45.0 Å². The molecule has 4 nitrogen and oxygen atoms in total. The fourth-order valence-corrected chi connectivity index (χ4v) is 5.41. The van der Waals surface area contributed by atoms with Crippen LogP contribution < -0.4 is 0 Å². The summed E-state index contributed by atoms with van der Waals surface area (Å²) in [6.45, 7) is 6.56. The molecule has 2 aromatic carbocycles. The third-order valence-electron chi connectivity index (χ3n) is 7.44. The van der Waals surface area contributed by atoms with Crippen LogP contribution in [0.4, 0.5) is 0 Å². The lowest BCUT2D eigenvalue weighted by atomic mass is 9.64.